The number of pyridine rings is 1. The number of benzene rings is 1. The Kier molecular flexibility index (Phi) is 6.52. The van der Waals surface area contributed by atoms with Crippen molar-refractivity contribution in [1.29, 1.82) is 0 Å². The van der Waals surface area contributed by atoms with Crippen LogP contribution >= 0.6 is 24.0 Å². The molecule has 0 unspecified atom stereocenters. The van der Waals surface area contributed by atoms with Crippen LogP contribution in [0.4, 0.5) is 15.9 Å². The maximum atomic E-state index is 13.0. The summed E-state index contributed by atoms with van der Waals surface area (Å²) in [4.78, 5) is 16.4. The van der Waals surface area contributed by atoms with Gasteiger partial charge < -0.3 is 10.2 Å². The molecule has 1 N–H and O–H groups in total. The molecule has 9 heteroatoms. The van der Waals surface area contributed by atoms with Gasteiger partial charge in [-0.15, -0.1) is 12.4 Å². The maximum Gasteiger partial charge on any atom is 0.287 e. The molecule has 0 amide bonds. The van der Waals surface area contributed by atoms with Crippen molar-refractivity contribution in [3.8, 4) is 0 Å². The zero-order valence-corrected chi connectivity index (χ0v) is 14.8. The number of nitrogens with one attached hydrogen (secondary N) is 1. The normalized spacial score (nSPS) is 16.6. The lowest BCUT2D eigenvalue weighted by Gasteiger charge is -2.18. The van der Waals surface area contributed by atoms with Crippen molar-refractivity contribution in [1.82, 2.24) is 10.3 Å². The molecule has 2 heterocycles. The van der Waals surface area contributed by atoms with E-state index in [0.717, 1.165) is 30.9 Å². The van der Waals surface area contributed by atoms with Crippen LogP contribution in [0.3, 0.4) is 0 Å². The summed E-state index contributed by atoms with van der Waals surface area (Å²) in [5.74, 6) is 0.379. The molecule has 0 aliphatic carbocycles. The van der Waals surface area contributed by atoms with Crippen LogP contribution in [-0.4, -0.2) is 29.0 Å². The summed E-state index contributed by atoms with van der Waals surface area (Å²) in [6.07, 6.45) is 2.20. The first-order valence-corrected chi connectivity index (χ1v) is 7.93. The van der Waals surface area contributed by atoms with E-state index < -0.39 is 4.92 Å². The summed E-state index contributed by atoms with van der Waals surface area (Å²) in [6, 6.07) is 7.75. The molecule has 1 aliphatic rings. The summed E-state index contributed by atoms with van der Waals surface area (Å²) >= 11 is 6.02. The Bertz CT molecular complexity index is 745. The van der Waals surface area contributed by atoms with Crippen LogP contribution in [-0.2, 0) is 6.54 Å². The van der Waals surface area contributed by atoms with Gasteiger partial charge in [0.2, 0.25) is 0 Å². The summed E-state index contributed by atoms with van der Waals surface area (Å²) in [7, 11) is 0. The zero-order valence-electron chi connectivity index (χ0n) is 13.2. The van der Waals surface area contributed by atoms with Gasteiger partial charge in [-0.2, -0.15) is 0 Å². The second-order valence-electron chi connectivity index (χ2n) is 5.68. The Balaban J connectivity index is 0.00000225. The monoisotopic (exact) mass is 386 g/mol. The van der Waals surface area contributed by atoms with Crippen LogP contribution in [0.2, 0.25) is 5.02 Å². The van der Waals surface area contributed by atoms with Gasteiger partial charge in [0.25, 0.3) is 5.69 Å². The SMILES string of the molecule is Cl.O=[N+]([O-])c1ccc(N2CC[C@H](NCc3ccc(F)cc3Cl)C2)nc1. The minimum atomic E-state index is -0.461. The maximum absolute atomic E-state index is 13.0. The summed E-state index contributed by atoms with van der Waals surface area (Å²) in [5, 5.41) is 14.5. The smallest absolute Gasteiger partial charge is 0.287 e. The van der Waals surface area contributed by atoms with Gasteiger partial charge in [-0.3, -0.25) is 10.1 Å². The average molecular weight is 387 g/mol. The number of rotatable bonds is 5. The second-order valence-corrected chi connectivity index (χ2v) is 6.09. The van der Waals surface area contributed by atoms with Gasteiger partial charge >= 0.3 is 0 Å². The topological polar surface area (TPSA) is 71.3 Å². The molecular formula is C16H17Cl2FN4O2. The molecule has 3 rings (SSSR count). The Morgan fingerprint density at radius 2 is 2.20 bits per heavy atom. The fourth-order valence-electron chi connectivity index (χ4n) is 2.73. The van der Waals surface area contributed by atoms with E-state index in [2.05, 4.69) is 15.2 Å². The lowest BCUT2D eigenvalue weighted by atomic mass is 10.2. The van der Waals surface area contributed by atoms with E-state index in [4.69, 9.17) is 11.6 Å². The van der Waals surface area contributed by atoms with E-state index in [1.165, 1.54) is 24.4 Å². The number of hydrogen-bond donors (Lipinski definition) is 1. The van der Waals surface area contributed by atoms with E-state index in [0.29, 0.717) is 11.6 Å². The predicted octanol–water partition coefficient (Wildman–Crippen LogP) is 3.57. The molecule has 2 aromatic rings. The average Bonchev–Trinajstić information content (AvgIpc) is 3.03. The van der Waals surface area contributed by atoms with E-state index >= 15 is 0 Å². The highest BCUT2D eigenvalue weighted by Crippen LogP contribution is 2.21. The molecule has 0 bridgehead atoms. The molecule has 134 valence electrons. The molecule has 1 atom stereocenters. The third-order valence-electron chi connectivity index (χ3n) is 4.05. The van der Waals surface area contributed by atoms with Crippen LogP contribution in [0.25, 0.3) is 0 Å². The van der Waals surface area contributed by atoms with E-state index in [-0.39, 0.29) is 30.0 Å². The molecule has 1 aliphatic heterocycles. The molecule has 1 aromatic carbocycles. The van der Waals surface area contributed by atoms with Crippen molar-refractivity contribution in [3.05, 3.63) is 63.0 Å². The number of anilines is 1. The number of halogens is 3. The molecule has 0 saturated carbocycles. The van der Waals surface area contributed by atoms with Gasteiger partial charge in [-0.1, -0.05) is 17.7 Å². The van der Waals surface area contributed by atoms with Gasteiger partial charge in [0, 0.05) is 36.8 Å². The molecular weight excluding hydrogens is 370 g/mol. The van der Waals surface area contributed by atoms with E-state index in [1.807, 2.05) is 0 Å². The lowest BCUT2D eigenvalue weighted by molar-refractivity contribution is -0.385. The number of nitro groups is 1. The van der Waals surface area contributed by atoms with Crippen molar-refractivity contribution < 1.29 is 9.31 Å². The van der Waals surface area contributed by atoms with Crippen molar-refractivity contribution in [3.63, 3.8) is 0 Å². The third kappa shape index (κ3) is 4.78. The van der Waals surface area contributed by atoms with E-state index in [1.54, 1.807) is 12.1 Å². The fraction of sp³-hybridized carbons (Fsp3) is 0.312. The predicted molar refractivity (Wildman–Crippen MR) is 97.0 cm³/mol. The molecule has 1 aromatic heterocycles. The van der Waals surface area contributed by atoms with Crippen molar-refractivity contribution in [2.75, 3.05) is 18.0 Å². The summed E-state index contributed by atoms with van der Waals surface area (Å²) in [6.45, 7) is 2.13. The number of nitrogens with zero attached hydrogens (tertiary/aromatic N) is 3. The Morgan fingerprint density at radius 3 is 2.84 bits per heavy atom. The van der Waals surface area contributed by atoms with Gasteiger partial charge in [0.05, 0.1) is 4.92 Å². The second kappa shape index (κ2) is 8.42. The lowest BCUT2D eigenvalue weighted by Crippen LogP contribution is -2.32. The Morgan fingerprint density at radius 1 is 1.40 bits per heavy atom. The minimum Gasteiger partial charge on any atom is -0.355 e. The van der Waals surface area contributed by atoms with Crippen LogP contribution in [0, 0.1) is 15.9 Å². The van der Waals surface area contributed by atoms with Gasteiger partial charge in [0.15, 0.2) is 0 Å². The van der Waals surface area contributed by atoms with E-state index in [9.17, 15) is 14.5 Å². The van der Waals surface area contributed by atoms with Gasteiger partial charge in [0.1, 0.15) is 17.8 Å². The van der Waals surface area contributed by atoms with Crippen LogP contribution in [0.5, 0.6) is 0 Å². The van der Waals surface area contributed by atoms with Gasteiger partial charge in [-0.25, -0.2) is 9.37 Å². The molecule has 1 fully saturated rings. The Hall–Kier alpha value is -1.96. The quantitative estimate of drug-likeness (QED) is 0.627. The van der Waals surface area contributed by atoms with Gasteiger partial charge in [-0.05, 0) is 30.2 Å². The molecule has 6 nitrogen and oxygen atoms in total. The third-order valence-corrected chi connectivity index (χ3v) is 4.40. The minimum absolute atomic E-state index is 0. The number of aromatic nitrogens is 1. The zero-order chi connectivity index (χ0) is 17.1. The molecule has 1 saturated heterocycles. The van der Waals surface area contributed by atoms with Crippen LogP contribution in [0.1, 0.15) is 12.0 Å². The summed E-state index contributed by atoms with van der Waals surface area (Å²) in [5.41, 5.74) is 0.837. The first-order valence-electron chi connectivity index (χ1n) is 7.55. The van der Waals surface area contributed by atoms with Crippen LogP contribution in [0.15, 0.2) is 36.5 Å². The molecule has 0 radical (unpaired) electrons. The van der Waals surface area contributed by atoms with Crippen molar-refractivity contribution in [2.45, 2.75) is 19.0 Å². The highest BCUT2D eigenvalue weighted by molar-refractivity contribution is 6.31. The van der Waals surface area contributed by atoms with Crippen molar-refractivity contribution in [2.24, 2.45) is 0 Å². The number of hydrogen-bond acceptors (Lipinski definition) is 5. The summed E-state index contributed by atoms with van der Waals surface area (Å²) < 4.78 is 13.0. The molecule has 25 heavy (non-hydrogen) atoms. The Labute approximate surface area is 155 Å². The standard InChI is InChI=1S/C16H16ClFN4O2.ClH/c17-15-7-12(18)2-1-11(15)8-19-13-5-6-21(10-13)16-4-3-14(9-20-16)22(23)24;/h1-4,7,9,13,19H,5-6,8,10H2;1H/t13-;/m0./s1. The highest BCUT2D eigenvalue weighted by Gasteiger charge is 2.23. The fourth-order valence-corrected chi connectivity index (χ4v) is 2.96. The largest absolute Gasteiger partial charge is 0.355 e. The first-order chi connectivity index (χ1) is 11.5. The highest BCUT2D eigenvalue weighted by atomic mass is 35.5. The first kappa shape index (κ1) is 19.4. The van der Waals surface area contributed by atoms with Crippen molar-refractivity contribution >= 4 is 35.5 Å². The molecule has 0 spiro atoms. The van der Waals surface area contributed by atoms with Crippen LogP contribution < -0.4 is 10.2 Å².